The standard InChI is InChI=1S/C23H28F6N6O4/c1-14(32-17-11-31-33-21(37)19(17)23(27,28)29)12-39-8-3-18(36)34-4-6-35(7-5-34)20-15(13-38-2)9-16(10-30-20)22(24,25)26/h9-11,14H,3-8,12-13H2,1-2H3,(H2,32,33,37)/t14-/m0/s1. The third-order valence-corrected chi connectivity index (χ3v) is 5.87. The van der Waals surface area contributed by atoms with Gasteiger partial charge in [-0.3, -0.25) is 9.59 Å². The normalized spacial score (nSPS) is 15.4. The van der Waals surface area contributed by atoms with Crippen LogP contribution in [0.2, 0.25) is 0 Å². The quantitative estimate of drug-likeness (QED) is 0.334. The number of ether oxygens (including phenoxy) is 2. The van der Waals surface area contributed by atoms with Crippen molar-refractivity contribution in [1.82, 2.24) is 20.1 Å². The van der Waals surface area contributed by atoms with Gasteiger partial charge in [-0.1, -0.05) is 0 Å². The number of halogens is 6. The van der Waals surface area contributed by atoms with Gasteiger partial charge >= 0.3 is 12.4 Å². The molecule has 10 nitrogen and oxygen atoms in total. The molecule has 0 unspecified atom stereocenters. The summed E-state index contributed by atoms with van der Waals surface area (Å²) in [5, 5.41) is 7.69. The highest BCUT2D eigenvalue weighted by Gasteiger charge is 2.37. The van der Waals surface area contributed by atoms with Crippen molar-refractivity contribution in [1.29, 1.82) is 0 Å². The summed E-state index contributed by atoms with van der Waals surface area (Å²) in [6.45, 7) is 2.84. The van der Waals surface area contributed by atoms with Gasteiger partial charge < -0.3 is 24.6 Å². The molecule has 1 atom stereocenters. The van der Waals surface area contributed by atoms with E-state index in [9.17, 15) is 35.9 Å². The first-order valence-electron chi connectivity index (χ1n) is 11.9. The van der Waals surface area contributed by atoms with E-state index >= 15 is 0 Å². The number of piperazine rings is 1. The zero-order valence-electron chi connectivity index (χ0n) is 21.2. The monoisotopic (exact) mass is 566 g/mol. The first-order chi connectivity index (χ1) is 18.3. The molecule has 3 heterocycles. The first kappa shape index (κ1) is 30.1. The number of carbonyl (C=O) groups excluding carboxylic acids is 1. The Morgan fingerprint density at radius 3 is 2.44 bits per heavy atom. The molecule has 0 radical (unpaired) electrons. The molecule has 39 heavy (non-hydrogen) atoms. The van der Waals surface area contributed by atoms with Crippen molar-refractivity contribution in [2.45, 2.75) is 38.3 Å². The molecule has 0 spiro atoms. The number of aromatic amines is 1. The maximum Gasteiger partial charge on any atom is 0.423 e. The van der Waals surface area contributed by atoms with Crippen LogP contribution in [0.25, 0.3) is 0 Å². The molecule has 1 aliphatic rings. The van der Waals surface area contributed by atoms with E-state index in [1.165, 1.54) is 7.11 Å². The van der Waals surface area contributed by atoms with Gasteiger partial charge in [-0.2, -0.15) is 31.4 Å². The lowest BCUT2D eigenvalue weighted by Crippen LogP contribution is -2.49. The minimum absolute atomic E-state index is 0.0171. The number of alkyl halides is 6. The van der Waals surface area contributed by atoms with Crippen LogP contribution < -0.4 is 15.8 Å². The molecule has 0 aliphatic carbocycles. The molecule has 1 fully saturated rings. The van der Waals surface area contributed by atoms with Crippen LogP contribution in [0.5, 0.6) is 0 Å². The number of hydrogen-bond acceptors (Lipinski definition) is 8. The Morgan fingerprint density at radius 2 is 1.82 bits per heavy atom. The van der Waals surface area contributed by atoms with Gasteiger partial charge in [-0.25, -0.2) is 10.1 Å². The van der Waals surface area contributed by atoms with E-state index in [0.29, 0.717) is 37.6 Å². The lowest BCUT2D eigenvalue weighted by molar-refractivity contribution is -0.138. The van der Waals surface area contributed by atoms with E-state index in [2.05, 4.69) is 15.4 Å². The Morgan fingerprint density at radius 1 is 1.13 bits per heavy atom. The number of nitrogens with zero attached hydrogens (tertiary/aromatic N) is 4. The second kappa shape index (κ2) is 12.6. The molecule has 2 N–H and O–H groups in total. The molecule has 1 aliphatic heterocycles. The molecule has 0 bridgehead atoms. The van der Waals surface area contributed by atoms with Crippen LogP contribution in [0.1, 0.15) is 30.0 Å². The summed E-state index contributed by atoms with van der Waals surface area (Å²) >= 11 is 0. The molecule has 2 aromatic heterocycles. The molecule has 16 heteroatoms. The second-order valence-corrected chi connectivity index (χ2v) is 8.86. The Balaban J connectivity index is 1.46. The Bertz CT molecular complexity index is 1180. The van der Waals surface area contributed by atoms with Gasteiger partial charge in [0.1, 0.15) is 11.4 Å². The van der Waals surface area contributed by atoms with Crippen molar-refractivity contribution in [3.8, 4) is 0 Å². The number of amides is 1. The lowest BCUT2D eigenvalue weighted by atomic mass is 10.1. The maximum atomic E-state index is 13.2. The van der Waals surface area contributed by atoms with Gasteiger partial charge in [0.15, 0.2) is 0 Å². The van der Waals surface area contributed by atoms with Crippen molar-refractivity contribution < 1.29 is 40.6 Å². The van der Waals surface area contributed by atoms with Crippen LogP contribution in [0.3, 0.4) is 0 Å². The number of carbonyl (C=O) groups is 1. The van der Waals surface area contributed by atoms with E-state index in [1.807, 2.05) is 0 Å². The van der Waals surface area contributed by atoms with E-state index in [0.717, 1.165) is 18.5 Å². The van der Waals surface area contributed by atoms with Crippen molar-refractivity contribution in [3.05, 3.63) is 45.5 Å². The number of pyridine rings is 1. The average molecular weight is 567 g/mol. The highest BCUT2D eigenvalue weighted by molar-refractivity contribution is 5.76. The fourth-order valence-electron chi connectivity index (χ4n) is 4.05. The van der Waals surface area contributed by atoms with Gasteiger partial charge in [0.2, 0.25) is 5.91 Å². The summed E-state index contributed by atoms with van der Waals surface area (Å²) in [5.74, 6) is 0.164. The zero-order valence-corrected chi connectivity index (χ0v) is 21.2. The van der Waals surface area contributed by atoms with Crippen LogP contribution in [-0.2, 0) is 33.2 Å². The Labute approximate surface area is 219 Å². The number of anilines is 2. The predicted octanol–water partition coefficient (Wildman–Crippen LogP) is 2.90. The summed E-state index contributed by atoms with van der Waals surface area (Å²) in [7, 11) is 1.37. The van der Waals surface area contributed by atoms with Crippen LogP contribution >= 0.6 is 0 Å². The number of rotatable bonds is 10. The number of H-pyrrole nitrogens is 1. The molecule has 0 aromatic carbocycles. The summed E-state index contributed by atoms with van der Waals surface area (Å²) in [4.78, 5) is 31.5. The number of nitrogens with one attached hydrogen (secondary N) is 2. The largest absolute Gasteiger partial charge is 0.423 e. The van der Waals surface area contributed by atoms with Crippen LogP contribution in [0.15, 0.2) is 23.3 Å². The van der Waals surface area contributed by atoms with E-state index in [4.69, 9.17) is 9.47 Å². The predicted molar refractivity (Wildman–Crippen MR) is 127 cm³/mol. The third-order valence-electron chi connectivity index (χ3n) is 5.87. The van der Waals surface area contributed by atoms with Gasteiger partial charge in [0.05, 0.1) is 43.7 Å². The molecule has 1 amide bonds. The highest BCUT2D eigenvalue weighted by atomic mass is 19.4. The number of aromatic nitrogens is 3. The van der Waals surface area contributed by atoms with E-state index in [-0.39, 0.29) is 32.1 Å². The molecular weight excluding hydrogens is 538 g/mol. The molecule has 2 aromatic rings. The highest BCUT2D eigenvalue weighted by Crippen LogP contribution is 2.33. The second-order valence-electron chi connectivity index (χ2n) is 8.86. The lowest BCUT2D eigenvalue weighted by Gasteiger charge is -2.36. The number of hydrogen-bond donors (Lipinski definition) is 2. The number of methoxy groups -OCH3 is 1. The minimum atomic E-state index is -4.87. The summed E-state index contributed by atoms with van der Waals surface area (Å²) < 4.78 is 89.1. The topological polar surface area (TPSA) is 113 Å². The van der Waals surface area contributed by atoms with Crippen LogP contribution in [0, 0.1) is 0 Å². The smallest absolute Gasteiger partial charge is 0.380 e. The molecule has 0 saturated carbocycles. The van der Waals surface area contributed by atoms with Gasteiger partial charge in [0.25, 0.3) is 5.56 Å². The van der Waals surface area contributed by atoms with Gasteiger partial charge in [0, 0.05) is 51.1 Å². The van der Waals surface area contributed by atoms with E-state index in [1.54, 1.807) is 21.8 Å². The summed E-state index contributed by atoms with van der Waals surface area (Å²) in [5.41, 5.74) is -3.81. The fraction of sp³-hybridized carbons (Fsp3) is 0.565. The fourth-order valence-corrected chi connectivity index (χ4v) is 4.05. The van der Waals surface area contributed by atoms with Crippen molar-refractivity contribution in [2.24, 2.45) is 0 Å². The van der Waals surface area contributed by atoms with Crippen LogP contribution in [0.4, 0.5) is 37.8 Å². The van der Waals surface area contributed by atoms with Gasteiger partial charge in [-0.05, 0) is 13.0 Å². The average Bonchev–Trinajstić information content (AvgIpc) is 2.85. The van der Waals surface area contributed by atoms with Crippen molar-refractivity contribution >= 4 is 17.4 Å². The van der Waals surface area contributed by atoms with Crippen molar-refractivity contribution in [3.63, 3.8) is 0 Å². The van der Waals surface area contributed by atoms with Crippen molar-refractivity contribution in [2.75, 3.05) is 56.7 Å². The zero-order chi connectivity index (χ0) is 28.8. The first-order valence-corrected chi connectivity index (χ1v) is 11.9. The molecular formula is C23H28F6N6O4. The minimum Gasteiger partial charge on any atom is -0.380 e. The maximum absolute atomic E-state index is 13.2. The Kier molecular flexibility index (Phi) is 9.77. The SMILES string of the molecule is COCc1cc(C(F)(F)F)cnc1N1CCN(C(=O)CCOC[C@H](C)Nc2cn[nH]c(=O)c2C(F)(F)F)CC1. The molecule has 1 saturated heterocycles. The third kappa shape index (κ3) is 8.05. The molecule has 216 valence electrons. The molecule has 3 rings (SSSR count). The summed E-state index contributed by atoms with van der Waals surface area (Å²) in [6.07, 6.45) is -7.73. The van der Waals surface area contributed by atoms with Crippen LogP contribution in [-0.4, -0.2) is 78.5 Å². The van der Waals surface area contributed by atoms with Gasteiger partial charge in [-0.15, -0.1) is 0 Å². The Hall–Kier alpha value is -3.40. The van der Waals surface area contributed by atoms with E-state index < -0.39 is 40.8 Å². The summed E-state index contributed by atoms with van der Waals surface area (Å²) in [6, 6.07) is 0.387.